The van der Waals surface area contributed by atoms with Gasteiger partial charge in [0.1, 0.15) is 11.6 Å². The lowest BCUT2D eigenvalue weighted by molar-refractivity contribution is 0.290. The van der Waals surface area contributed by atoms with Crippen molar-refractivity contribution >= 4 is 23.0 Å². The van der Waals surface area contributed by atoms with Gasteiger partial charge in [0.25, 0.3) is 0 Å². The van der Waals surface area contributed by atoms with Crippen molar-refractivity contribution in [1.82, 2.24) is 4.98 Å². The highest BCUT2D eigenvalue weighted by molar-refractivity contribution is 6.00. The Morgan fingerprint density at radius 2 is 1.96 bits per heavy atom. The molecule has 5 nitrogen and oxygen atoms in total. The number of aromatic amines is 1. The number of nitrogens with two attached hydrogens (primary N) is 1. The predicted octanol–water partition coefficient (Wildman–Crippen LogP) is 5.20. The first-order valence-corrected chi connectivity index (χ1v) is 8.46. The van der Waals surface area contributed by atoms with Gasteiger partial charge in [0.05, 0.1) is 29.9 Å². The Bertz CT molecular complexity index is 857. The van der Waals surface area contributed by atoms with Gasteiger partial charge in [0.2, 0.25) is 0 Å². The Hall–Kier alpha value is -3.00. The molecule has 1 aromatic heterocycles. The monoisotopic (exact) mass is 352 g/mol. The molecule has 0 aliphatic rings. The summed E-state index contributed by atoms with van der Waals surface area (Å²) in [6, 6.07) is 2.18. The Labute approximate surface area is 156 Å². The number of H-pyrrole nitrogens is 1. The number of nitrogen functional groups attached to an aromatic ring is 1. The van der Waals surface area contributed by atoms with Gasteiger partial charge in [-0.05, 0) is 56.9 Å². The molecule has 1 rings (SSSR count). The molecule has 0 radical (unpaired) electrons. The Morgan fingerprint density at radius 1 is 1.35 bits per heavy atom. The standard InChI is InChI=1S/C21H28N4O/c1-8-12(3)19(13(4)15(6)26-7)21-20(24)17(11-22)18(25-21)10-16(9-2)14(5)23/h8,10,23,25H,1,9,24H2,2-7H3/b15-13+,16-10-,19-12+,23-14?. The van der Waals surface area contributed by atoms with Crippen LogP contribution >= 0.6 is 0 Å². The summed E-state index contributed by atoms with van der Waals surface area (Å²) < 4.78 is 5.38. The van der Waals surface area contributed by atoms with Gasteiger partial charge in [0.15, 0.2) is 0 Å². The molecule has 0 aromatic carbocycles. The van der Waals surface area contributed by atoms with Crippen molar-refractivity contribution in [3.05, 3.63) is 52.1 Å². The lowest BCUT2D eigenvalue weighted by Crippen LogP contribution is -1.99. The van der Waals surface area contributed by atoms with E-state index in [2.05, 4.69) is 17.6 Å². The molecule has 0 bridgehead atoms. The van der Waals surface area contributed by atoms with Gasteiger partial charge in [-0.2, -0.15) is 5.26 Å². The van der Waals surface area contributed by atoms with Crippen LogP contribution in [-0.4, -0.2) is 17.8 Å². The summed E-state index contributed by atoms with van der Waals surface area (Å²) in [5.74, 6) is 0.760. The van der Waals surface area contributed by atoms with Gasteiger partial charge in [-0.25, -0.2) is 0 Å². The highest BCUT2D eigenvalue weighted by Gasteiger charge is 2.20. The molecule has 26 heavy (non-hydrogen) atoms. The lowest BCUT2D eigenvalue weighted by Gasteiger charge is -2.14. The van der Waals surface area contributed by atoms with E-state index in [4.69, 9.17) is 15.9 Å². The van der Waals surface area contributed by atoms with Gasteiger partial charge in [-0.3, -0.25) is 0 Å². The van der Waals surface area contributed by atoms with Crippen LogP contribution in [0.1, 0.15) is 58.0 Å². The maximum absolute atomic E-state index is 9.60. The zero-order chi connectivity index (χ0) is 20.0. The summed E-state index contributed by atoms with van der Waals surface area (Å²) in [5, 5.41) is 17.5. The SMILES string of the molecule is C=C/C(C)=C(\C(C)=C(/C)OC)c1[nH]c(/C=C(/CC)C(C)=N)c(C#N)c1N. The van der Waals surface area contributed by atoms with E-state index in [0.717, 1.165) is 28.1 Å². The lowest BCUT2D eigenvalue weighted by atomic mass is 9.96. The molecule has 4 N–H and O–H groups in total. The second kappa shape index (κ2) is 8.91. The van der Waals surface area contributed by atoms with Gasteiger partial charge in [0, 0.05) is 11.3 Å². The zero-order valence-corrected chi connectivity index (χ0v) is 16.5. The first-order valence-electron chi connectivity index (χ1n) is 8.46. The van der Waals surface area contributed by atoms with Crippen molar-refractivity contribution < 1.29 is 4.74 Å². The minimum Gasteiger partial charge on any atom is -0.501 e. The number of ether oxygens (including phenoxy) is 1. The van der Waals surface area contributed by atoms with E-state index in [-0.39, 0.29) is 0 Å². The Morgan fingerprint density at radius 3 is 2.38 bits per heavy atom. The molecule has 0 saturated heterocycles. The molecule has 1 heterocycles. The first kappa shape index (κ1) is 21.0. The zero-order valence-electron chi connectivity index (χ0n) is 16.5. The molecule has 0 atom stereocenters. The summed E-state index contributed by atoms with van der Waals surface area (Å²) in [7, 11) is 1.62. The van der Waals surface area contributed by atoms with Gasteiger partial charge in [-0.15, -0.1) is 0 Å². The molecule has 0 unspecified atom stereocenters. The number of nitrogens with one attached hydrogen (secondary N) is 2. The van der Waals surface area contributed by atoms with E-state index in [1.54, 1.807) is 20.1 Å². The third-order valence-electron chi connectivity index (χ3n) is 4.52. The number of rotatable bonds is 7. The molecule has 0 spiro atoms. The minimum atomic E-state index is 0.379. The van der Waals surface area contributed by atoms with Gasteiger partial charge < -0.3 is 20.9 Å². The van der Waals surface area contributed by atoms with Crippen molar-refractivity contribution in [2.75, 3.05) is 12.8 Å². The second-order valence-corrected chi connectivity index (χ2v) is 6.11. The van der Waals surface area contributed by atoms with E-state index in [1.807, 2.05) is 33.8 Å². The summed E-state index contributed by atoms with van der Waals surface area (Å²) in [5.41, 5.74) is 12.4. The van der Waals surface area contributed by atoms with Crippen LogP contribution in [0.3, 0.4) is 0 Å². The molecule has 0 aliphatic carbocycles. The van der Waals surface area contributed by atoms with Crippen LogP contribution in [0.25, 0.3) is 11.6 Å². The Kier molecular flexibility index (Phi) is 7.21. The first-order chi connectivity index (χ1) is 12.2. The maximum atomic E-state index is 9.60. The smallest absolute Gasteiger partial charge is 0.104 e. The van der Waals surface area contributed by atoms with E-state index < -0.39 is 0 Å². The molecule has 5 heteroatoms. The Balaban J connectivity index is 3.82. The largest absolute Gasteiger partial charge is 0.501 e. The number of hydrogen-bond acceptors (Lipinski definition) is 4. The summed E-state index contributed by atoms with van der Waals surface area (Å²) >= 11 is 0. The van der Waals surface area contributed by atoms with Crippen LogP contribution in [0.15, 0.2) is 35.1 Å². The molecule has 1 aromatic rings. The molecular formula is C21H28N4O. The normalized spacial score (nSPS) is 13.5. The fourth-order valence-electron chi connectivity index (χ4n) is 2.72. The van der Waals surface area contributed by atoms with E-state index in [0.29, 0.717) is 34.8 Å². The van der Waals surface area contributed by atoms with Crippen molar-refractivity contribution in [3.63, 3.8) is 0 Å². The summed E-state index contributed by atoms with van der Waals surface area (Å²) in [6.07, 6.45) is 4.28. The van der Waals surface area contributed by atoms with Crippen LogP contribution in [0.5, 0.6) is 0 Å². The quantitative estimate of drug-likeness (QED) is 0.357. The number of nitrogens with zero attached hydrogens (tertiary/aromatic N) is 1. The van der Waals surface area contributed by atoms with Crippen molar-refractivity contribution in [1.29, 1.82) is 10.7 Å². The molecule has 0 fully saturated rings. The van der Waals surface area contributed by atoms with Crippen LogP contribution in [-0.2, 0) is 4.74 Å². The minimum absolute atomic E-state index is 0.379. The fraction of sp³-hybridized carbons (Fsp3) is 0.333. The van der Waals surface area contributed by atoms with E-state index in [1.165, 1.54) is 0 Å². The number of anilines is 1. The highest BCUT2D eigenvalue weighted by Crippen LogP contribution is 2.35. The summed E-state index contributed by atoms with van der Waals surface area (Å²) in [4.78, 5) is 3.28. The molecule has 0 saturated carbocycles. The number of nitriles is 1. The molecule has 0 amide bonds. The number of hydrogen-bond donors (Lipinski definition) is 3. The summed E-state index contributed by atoms with van der Waals surface area (Å²) in [6.45, 7) is 13.3. The third kappa shape index (κ3) is 4.15. The predicted molar refractivity (Wildman–Crippen MR) is 110 cm³/mol. The molecular weight excluding hydrogens is 324 g/mol. The van der Waals surface area contributed by atoms with E-state index in [9.17, 15) is 5.26 Å². The average Bonchev–Trinajstić information content (AvgIpc) is 2.93. The van der Waals surface area contributed by atoms with Gasteiger partial charge in [-0.1, -0.05) is 19.6 Å². The van der Waals surface area contributed by atoms with E-state index >= 15 is 0 Å². The molecule has 0 aliphatic heterocycles. The van der Waals surface area contributed by atoms with Crippen LogP contribution in [0.4, 0.5) is 5.69 Å². The van der Waals surface area contributed by atoms with Gasteiger partial charge >= 0.3 is 0 Å². The average molecular weight is 352 g/mol. The number of aromatic nitrogens is 1. The fourth-order valence-corrected chi connectivity index (χ4v) is 2.72. The maximum Gasteiger partial charge on any atom is 0.104 e. The number of methoxy groups -OCH3 is 1. The van der Waals surface area contributed by atoms with Crippen molar-refractivity contribution in [2.24, 2.45) is 0 Å². The topological polar surface area (TPSA) is 98.7 Å². The van der Waals surface area contributed by atoms with Crippen molar-refractivity contribution in [2.45, 2.75) is 41.0 Å². The number of allylic oxidation sites excluding steroid dienone is 6. The highest BCUT2D eigenvalue weighted by atomic mass is 16.5. The third-order valence-corrected chi connectivity index (χ3v) is 4.52. The molecule has 138 valence electrons. The van der Waals surface area contributed by atoms with Crippen LogP contribution in [0.2, 0.25) is 0 Å². The van der Waals surface area contributed by atoms with Crippen LogP contribution in [0, 0.1) is 16.7 Å². The second-order valence-electron chi connectivity index (χ2n) is 6.11. The van der Waals surface area contributed by atoms with Crippen molar-refractivity contribution in [3.8, 4) is 6.07 Å². The van der Waals surface area contributed by atoms with Crippen LogP contribution < -0.4 is 5.73 Å².